The minimum absolute atomic E-state index is 0.0295. The summed E-state index contributed by atoms with van der Waals surface area (Å²) < 4.78 is 10.3. The van der Waals surface area contributed by atoms with Crippen LogP contribution in [0, 0.1) is 18.3 Å². The Morgan fingerprint density at radius 1 is 1.43 bits per heavy atom. The van der Waals surface area contributed by atoms with Crippen molar-refractivity contribution in [2.45, 2.75) is 56.8 Å². The number of hydrogen-bond acceptors (Lipinski definition) is 5. The van der Waals surface area contributed by atoms with Crippen LogP contribution in [-0.4, -0.2) is 48.3 Å². The van der Waals surface area contributed by atoms with E-state index >= 15 is 0 Å². The zero-order valence-corrected chi connectivity index (χ0v) is 12.5. The van der Waals surface area contributed by atoms with Gasteiger partial charge in [-0.1, -0.05) is 5.92 Å². The molecule has 2 unspecified atom stereocenters. The number of nitrogens with zero attached hydrogens (tertiary/aromatic N) is 1. The van der Waals surface area contributed by atoms with Crippen molar-refractivity contribution in [3.05, 3.63) is 0 Å². The number of amides is 1. The summed E-state index contributed by atoms with van der Waals surface area (Å²) >= 11 is 0. The molecule has 1 saturated heterocycles. The fourth-order valence-electron chi connectivity index (χ4n) is 3.38. The van der Waals surface area contributed by atoms with Gasteiger partial charge in [-0.3, -0.25) is 9.69 Å². The van der Waals surface area contributed by atoms with Crippen LogP contribution in [0.4, 0.5) is 4.79 Å². The summed E-state index contributed by atoms with van der Waals surface area (Å²) in [6.07, 6.45) is 8.04. The Bertz CT molecular complexity index is 457. The Balaban J connectivity index is 2.15. The molecule has 116 valence electrons. The van der Waals surface area contributed by atoms with E-state index in [1.165, 1.54) is 7.11 Å². The lowest BCUT2D eigenvalue weighted by molar-refractivity contribution is -0.155. The second-order valence-electron chi connectivity index (χ2n) is 5.72. The molecule has 2 N–H and O–H groups in total. The number of likely N-dealkylation sites (tertiary alicyclic amines) is 1. The smallest absolute Gasteiger partial charge is 0.410 e. The molecule has 0 aromatic rings. The highest BCUT2D eigenvalue weighted by Crippen LogP contribution is 2.41. The van der Waals surface area contributed by atoms with Crippen molar-refractivity contribution in [1.29, 1.82) is 0 Å². The predicted octanol–water partition coefficient (Wildman–Crippen LogP) is 0.888. The Morgan fingerprint density at radius 2 is 2.14 bits per heavy atom. The van der Waals surface area contributed by atoms with Gasteiger partial charge in [-0.25, -0.2) is 4.79 Å². The molecule has 0 spiro atoms. The van der Waals surface area contributed by atoms with Crippen molar-refractivity contribution in [2.24, 2.45) is 11.7 Å². The number of carbonyl (C=O) groups is 2. The van der Waals surface area contributed by atoms with Crippen LogP contribution in [-0.2, 0) is 14.3 Å². The number of fused-ring (bicyclic) bond motifs is 1. The lowest BCUT2D eigenvalue weighted by atomic mass is 9.82. The van der Waals surface area contributed by atoms with E-state index in [9.17, 15) is 9.59 Å². The minimum atomic E-state index is -0.646. The molecule has 21 heavy (non-hydrogen) atoms. The van der Waals surface area contributed by atoms with Crippen molar-refractivity contribution >= 4 is 12.1 Å². The second kappa shape index (κ2) is 6.35. The van der Waals surface area contributed by atoms with Crippen LogP contribution < -0.4 is 5.73 Å². The largest absolute Gasteiger partial charge is 0.461 e. The first-order valence-corrected chi connectivity index (χ1v) is 7.28. The maximum atomic E-state index is 12.0. The van der Waals surface area contributed by atoms with Gasteiger partial charge in [0.2, 0.25) is 0 Å². The fraction of sp³-hybridized carbons (Fsp3) is 0.733. The molecule has 1 saturated carbocycles. The highest BCUT2D eigenvalue weighted by atomic mass is 16.5. The summed E-state index contributed by atoms with van der Waals surface area (Å²) in [5, 5.41) is 0. The third-order valence-corrected chi connectivity index (χ3v) is 4.37. The van der Waals surface area contributed by atoms with Gasteiger partial charge in [0.15, 0.2) is 0 Å². The van der Waals surface area contributed by atoms with Crippen LogP contribution in [0.25, 0.3) is 0 Å². The summed E-state index contributed by atoms with van der Waals surface area (Å²) in [4.78, 5) is 25.3. The molecule has 2 rings (SSSR count). The van der Waals surface area contributed by atoms with Gasteiger partial charge in [0, 0.05) is 12.0 Å². The van der Waals surface area contributed by atoms with E-state index in [2.05, 4.69) is 5.92 Å². The predicted molar refractivity (Wildman–Crippen MR) is 76.1 cm³/mol. The Morgan fingerprint density at radius 3 is 2.71 bits per heavy atom. The first-order valence-electron chi connectivity index (χ1n) is 7.28. The van der Waals surface area contributed by atoms with Crippen molar-refractivity contribution in [1.82, 2.24) is 4.90 Å². The zero-order chi connectivity index (χ0) is 15.6. The second-order valence-corrected chi connectivity index (χ2v) is 5.72. The fourth-order valence-corrected chi connectivity index (χ4v) is 3.38. The van der Waals surface area contributed by atoms with Crippen molar-refractivity contribution in [2.75, 3.05) is 7.11 Å². The average Bonchev–Trinajstić information content (AvgIpc) is 2.85. The molecule has 1 heterocycles. The molecule has 0 bridgehead atoms. The average molecular weight is 294 g/mol. The van der Waals surface area contributed by atoms with Gasteiger partial charge in [-0.2, -0.15) is 0 Å². The Kier molecular flexibility index (Phi) is 4.73. The molecule has 2 aliphatic rings. The van der Waals surface area contributed by atoms with Gasteiger partial charge in [-0.05, 0) is 32.6 Å². The summed E-state index contributed by atoms with van der Waals surface area (Å²) in [7, 11) is 1.35. The van der Waals surface area contributed by atoms with E-state index in [1.807, 2.05) is 0 Å². The topological polar surface area (TPSA) is 81.9 Å². The SMILES string of the molecule is C#CC1C[C@H]2[C@@H](OC(=O)C(C)N)CCC[C@H]2N1C(=O)OC. The van der Waals surface area contributed by atoms with Gasteiger partial charge in [0.25, 0.3) is 0 Å². The molecule has 1 aliphatic carbocycles. The maximum absolute atomic E-state index is 12.0. The number of methoxy groups -OCH3 is 1. The van der Waals surface area contributed by atoms with Crippen molar-refractivity contribution in [3.8, 4) is 12.3 Å². The molecular weight excluding hydrogens is 272 g/mol. The van der Waals surface area contributed by atoms with Gasteiger partial charge in [0.05, 0.1) is 13.2 Å². The van der Waals surface area contributed by atoms with Gasteiger partial charge < -0.3 is 15.2 Å². The number of rotatable bonds is 2. The van der Waals surface area contributed by atoms with E-state index in [0.717, 1.165) is 19.3 Å². The van der Waals surface area contributed by atoms with Crippen LogP contribution in [0.5, 0.6) is 0 Å². The molecule has 0 radical (unpaired) electrons. The Labute approximate surface area is 124 Å². The summed E-state index contributed by atoms with van der Waals surface area (Å²) in [5.41, 5.74) is 5.55. The molecule has 0 aromatic carbocycles. The number of esters is 1. The third kappa shape index (κ3) is 2.98. The quantitative estimate of drug-likeness (QED) is 0.604. The highest BCUT2D eigenvalue weighted by molar-refractivity contribution is 5.75. The van der Waals surface area contributed by atoms with E-state index in [-0.39, 0.29) is 24.1 Å². The molecule has 6 heteroatoms. The highest BCUT2D eigenvalue weighted by Gasteiger charge is 2.49. The van der Waals surface area contributed by atoms with Gasteiger partial charge in [-0.15, -0.1) is 6.42 Å². The lowest BCUT2D eigenvalue weighted by Gasteiger charge is -2.36. The summed E-state index contributed by atoms with van der Waals surface area (Å²) in [6, 6.07) is -0.980. The number of terminal acetylenes is 1. The van der Waals surface area contributed by atoms with Crippen LogP contribution >= 0.6 is 0 Å². The third-order valence-electron chi connectivity index (χ3n) is 4.37. The van der Waals surface area contributed by atoms with Crippen LogP contribution in [0.3, 0.4) is 0 Å². The van der Waals surface area contributed by atoms with E-state index in [0.29, 0.717) is 6.42 Å². The minimum Gasteiger partial charge on any atom is -0.461 e. The summed E-state index contributed by atoms with van der Waals surface area (Å²) in [5.74, 6) is 2.29. The number of nitrogens with two attached hydrogens (primary N) is 1. The number of ether oxygens (including phenoxy) is 2. The van der Waals surface area contributed by atoms with E-state index in [4.69, 9.17) is 21.6 Å². The standard InChI is InChI=1S/C15H22N2O4/c1-4-10-8-11-12(17(10)15(19)20-3)6-5-7-13(11)21-14(18)9(2)16/h1,9-13H,5-8,16H2,2-3H3/t9?,10?,11-,12-,13+/m1/s1. The maximum Gasteiger partial charge on any atom is 0.410 e. The molecule has 2 fully saturated rings. The lowest BCUT2D eigenvalue weighted by Crippen LogP contribution is -2.47. The normalized spacial score (nSPS) is 32.8. The monoisotopic (exact) mass is 294 g/mol. The summed E-state index contributed by atoms with van der Waals surface area (Å²) in [6.45, 7) is 1.60. The Hall–Kier alpha value is -1.74. The molecular formula is C15H22N2O4. The zero-order valence-electron chi connectivity index (χ0n) is 12.5. The van der Waals surface area contributed by atoms with Gasteiger partial charge in [0.1, 0.15) is 12.1 Å². The van der Waals surface area contributed by atoms with Crippen molar-refractivity contribution in [3.63, 3.8) is 0 Å². The number of carbonyl (C=O) groups excluding carboxylic acids is 2. The van der Waals surface area contributed by atoms with Crippen LogP contribution in [0.15, 0.2) is 0 Å². The molecule has 1 amide bonds. The first kappa shape index (κ1) is 15.6. The number of hydrogen-bond donors (Lipinski definition) is 1. The van der Waals surface area contributed by atoms with E-state index in [1.54, 1.807) is 11.8 Å². The van der Waals surface area contributed by atoms with Gasteiger partial charge >= 0.3 is 12.1 Å². The van der Waals surface area contributed by atoms with Crippen molar-refractivity contribution < 1.29 is 19.1 Å². The first-order chi connectivity index (χ1) is 9.99. The van der Waals surface area contributed by atoms with Crippen LogP contribution in [0.2, 0.25) is 0 Å². The van der Waals surface area contributed by atoms with E-state index < -0.39 is 18.1 Å². The molecule has 5 atom stereocenters. The molecule has 6 nitrogen and oxygen atoms in total. The van der Waals surface area contributed by atoms with Crippen LogP contribution in [0.1, 0.15) is 32.6 Å². The molecule has 1 aliphatic heterocycles. The molecule has 0 aromatic heterocycles.